The van der Waals surface area contributed by atoms with E-state index in [9.17, 15) is 0 Å². The molecule has 16 heavy (non-hydrogen) atoms. The number of aryl methyl sites for hydroxylation is 1. The predicted molar refractivity (Wildman–Crippen MR) is 69.3 cm³/mol. The van der Waals surface area contributed by atoms with E-state index in [1.807, 2.05) is 7.05 Å². The van der Waals surface area contributed by atoms with E-state index in [4.69, 9.17) is 4.74 Å². The molecule has 1 rings (SSSR count). The molecule has 0 atom stereocenters. The van der Waals surface area contributed by atoms with Crippen LogP contribution in [0.2, 0.25) is 0 Å². The largest absolute Gasteiger partial charge is 0.496 e. The molecule has 1 aromatic carbocycles. The number of benzene rings is 1. The van der Waals surface area contributed by atoms with Gasteiger partial charge in [0.2, 0.25) is 0 Å². The van der Waals surface area contributed by atoms with Gasteiger partial charge < -0.3 is 10.1 Å². The zero-order chi connectivity index (χ0) is 12.2. The summed E-state index contributed by atoms with van der Waals surface area (Å²) in [7, 11) is 3.73. The number of hydrogen-bond acceptors (Lipinski definition) is 2. The average Bonchev–Trinajstić information content (AvgIpc) is 2.26. The lowest BCUT2D eigenvalue weighted by atomic mass is 9.80. The van der Waals surface area contributed by atoms with Crippen molar-refractivity contribution >= 4 is 0 Å². The van der Waals surface area contributed by atoms with E-state index in [2.05, 4.69) is 44.3 Å². The van der Waals surface area contributed by atoms with Crippen LogP contribution in [-0.2, 0) is 5.41 Å². The van der Waals surface area contributed by atoms with Crippen LogP contribution in [0, 0.1) is 6.92 Å². The summed E-state index contributed by atoms with van der Waals surface area (Å²) < 4.78 is 5.45. The van der Waals surface area contributed by atoms with Gasteiger partial charge in [0.05, 0.1) is 7.11 Å². The Bertz CT molecular complexity index is 345. The van der Waals surface area contributed by atoms with E-state index in [1.165, 1.54) is 11.1 Å². The van der Waals surface area contributed by atoms with Gasteiger partial charge in [-0.3, -0.25) is 0 Å². The van der Waals surface area contributed by atoms with Crippen LogP contribution in [-0.4, -0.2) is 20.7 Å². The fraction of sp³-hybridized carbons (Fsp3) is 0.571. The van der Waals surface area contributed by atoms with Crippen LogP contribution in [0.5, 0.6) is 5.75 Å². The number of nitrogens with one attached hydrogen (secondary N) is 1. The minimum atomic E-state index is 0.139. The Morgan fingerprint density at radius 2 is 2.00 bits per heavy atom. The standard InChI is InChI=1S/C14H23NO/c1-11-6-7-13(16-5)12(10-11)14(2,3)8-9-15-4/h6-7,10,15H,8-9H2,1-5H3. The lowest BCUT2D eigenvalue weighted by molar-refractivity contribution is 0.384. The third kappa shape index (κ3) is 2.99. The SMILES string of the molecule is CNCCC(C)(C)c1cc(C)ccc1OC. The average molecular weight is 221 g/mol. The maximum Gasteiger partial charge on any atom is 0.122 e. The second-order valence-electron chi connectivity index (χ2n) is 4.94. The Balaban J connectivity index is 3.04. The normalized spacial score (nSPS) is 11.6. The maximum absolute atomic E-state index is 5.45. The van der Waals surface area contributed by atoms with E-state index in [0.717, 1.165) is 18.7 Å². The van der Waals surface area contributed by atoms with Crippen LogP contribution in [0.4, 0.5) is 0 Å². The fourth-order valence-corrected chi connectivity index (χ4v) is 1.92. The van der Waals surface area contributed by atoms with E-state index < -0.39 is 0 Å². The van der Waals surface area contributed by atoms with Crippen molar-refractivity contribution in [3.05, 3.63) is 29.3 Å². The quantitative estimate of drug-likeness (QED) is 0.825. The summed E-state index contributed by atoms with van der Waals surface area (Å²) in [6.07, 6.45) is 1.10. The molecule has 0 amide bonds. The minimum Gasteiger partial charge on any atom is -0.496 e. The van der Waals surface area contributed by atoms with Crippen LogP contribution in [0.25, 0.3) is 0 Å². The highest BCUT2D eigenvalue weighted by Crippen LogP contribution is 2.34. The second-order valence-corrected chi connectivity index (χ2v) is 4.94. The van der Waals surface area contributed by atoms with Gasteiger partial charge >= 0.3 is 0 Å². The number of ether oxygens (including phenoxy) is 1. The van der Waals surface area contributed by atoms with Crippen LogP contribution < -0.4 is 10.1 Å². The maximum atomic E-state index is 5.45. The molecular formula is C14H23NO. The third-order valence-corrected chi connectivity index (χ3v) is 3.08. The molecule has 0 saturated carbocycles. The molecule has 0 bridgehead atoms. The summed E-state index contributed by atoms with van der Waals surface area (Å²) in [6.45, 7) is 7.67. The number of methoxy groups -OCH3 is 1. The van der Waals surface area contributed by atoms with Crippen molar-refractivity contribution < 1.29 is 4.74 Å². The Morgan fingerprint density at radius 1 is 1.31 bits per heavy atom. The zero-order valence-electron chi connectivity index (χ0n) is 11.1. The van der Waals surface area contributed by atoms with Crippen molar-refractivity contribution in [2.45, 2.75) is 32.6 Å². The van der Waals surface area contributed by atoms with Crippen molar-refractivity contribution in [3.8, 4) is 5.75 Å². The van der Waals surface area contributed by atoms with E-state index in [-0.39, 0.29) is 5.41 Å². The van der Waals surface area contributed by atoms with E-state index in [0.29, 0.717) is 0 Å². The predicted octanol–water partition coefficient (Wildman–Crippen LogP) is 2.89. The molecule has 0 aliphatic carbocycles. The summed E-state index contributed by atoms with van der Waals surface area (Å²) in [5.74, 6) is 0.992. The number of rotatable bonds is 5. The summed E-state index contributed by atoms with van der Waals surface area (Å²) >= 11 is 0. The lowest BCUT2D eigenvalue weighted by Gasteiger charge is -2.27. The van der Waals surface area contributed by atoms with Gasteiger partial charge in [-0.25, -0.2) is 0 Å². The van der Waals surface area contributed by atoms with Crippen molar-refractivity contribution in [1.82, 2.24) is 5.32 Å². The molecular weight excluding hydrogens is 198 g/mol. The molecule has 2 nitrogen and oxygen atoms in total. The van der Waals surface area contributed by atoms with E-state index in [1.54, 1.807) is 7.11 Å². The molecule has 0 aromatic heterocycles. The molecule has 0 aliphatic rings. The highest BCUT2D eigenvalue weighted by atomic mass is 16.5. The molecule has 0 fully saturated rings. The van der Waals surface area contributed by atoms with Crippen molar-refractivity contribution in [2.75, 3.05) is 20.7 Å². The second kappa shape index (κ2) is 5.35. The van der Waals surface area contributed by atoms with Crippen LogP contribution in [0.3, 0.4) is 0 Å². The first-order chi connectivity index (χ1) is 7.51. The molecule has 0 aliphatic heterocycles. The first-order valence-electron chi connectivity index (χ1n) is 5.81. The molecule has 1 aromatic rings. The van der Waals surface area contributed by atoms with Crippen molar-refractivity contribution in [2.24, 2.45) is 0 Å². The van der Waals surface area contributed by atoms with Gasteiger partial charge in [-0.15, -0.1) is 0 Å². The molecule has 2 heteroatoms. The first-order valence-corrected chi connectivity index (χ1v) is 5.81. The third-order valence-electron chi connectivity index (χ3n) is 3.08. The Morgan fingerprint density at radius 3 is 2.56 bits per heavy atom. The Labute approximate surface area is 99.0 Å². The fourth-order valence-electron chi connectivity index (χ4n) is 1.92. The van der Waals surface area contributed by atoms with Crippen molar-refractivity contribution in [1.29, 1.82) is 0 Å². The molecule has 0 heterocycles. The summed E-state index contributed by atoms with van der Waals surface area (Å²) in [4.78, 5) is 0. The van der Waals surface area contributed by atoms with E-state index >= 15 is 0 Å². The van der Waals surface area contributed by atoms with Crippen LogP contribution in [0.15, 0.2) is 18.2 Å². The minimum absolute atomic E-state index is 0.139. The monoisotopic (exact) mass is 221 g/mol. The molecule has 90 valence electrons. The molecule has 0 spiro atoms. The topological polar surface area (TPSA) is 21.3 Å². The Kier molecular flexibility index (Phi) is 4.36. The van der Waals surface area contributed by atoms with Gasteiger partial charge in [-0.2, -0.15) is 0 Å². The number of hydrogen-bond donors (Lipinski definition) is 1. The van der Waals surface area contributed by atoms with Gasteiger partial charge in [-0.05, 0) is 38.4 Å². The van der Waals surface area contributed by atoms with Crippen LogP contribution >= 0.6 is 0 Å². The van der Waals surface area contributed by atoms with Gasteiger partial charge in [-0.1, -0.05) is 31.5 Å². The first kappa shape index (κ1) is 13.0. The lowest BCUT2D eigenvalue weighted by Crippen LogP contribution is -2.24. The summed E-state index contributed by atoms with van der Waals surface area (Å²) in [5, 5.41) is 3.20. The summed E-state index contributed by atoms with van der Waals surface area (Å²) in [5.41, 5.74) is 2.72. The van der Waals surface area contributed by atoms with Crippen LogP contribution in [0.1, 0.15) is 31.4 Å². The van der Waals surface area contributed by atoms with Gasteiger partial charge in [0.25, 0.3) is 0 Å². The molecule has 0 radical (unpaired) electrons. The smallest absolute Gasteiger partial charge is 0.122 e. The Hall–Kier alpha value is -1.02. The summed E-state index contributed by atoms with van der Waals surface area (Å²) in [6, 6.07) is 6.39. The highest BCUT2D eigenvalue weighted by Gasteiger charge is 2.23. The molecule has 0 saturated heterocycles. The van der Waals surface area contributed by atoms with Gasteiger partial charge in [0.15, 0.2) is 0 Å². The van der Waals surface area contributed by atoms with Gasteiger partial charge in [0.1, 0.15) is 5.75 Å². The zero-order valence-corrected chi connectivity index (χ0v) is 11.1. The highest BCUT2D eigenvalue weighted by molar-refractivity contribution is 5.41. The van der Waals surface area contributed by atoms with Crippen molar-refractivity contribution in [3.63, 3.8) is 0 Å². The molecule has 0 unspecified atom stereocenters. The van der Waals surface area contributed by atoms with Gasteiger partial charge in [0, 0.05) is 5.56 Å². The molecule has 1 N–H and O–H groups in total.